The van der Waals surface area contributed by atoms with Crippen LogP contribution in [-0.2, 0) is 4.79 Å². The molecule has 0 aromatic heterocycles. The van der Waals surface area contributed by atoms with E-state index >= 15 is 0 Å². The molecule has 0 aromatic carbocycles. The van der Waals surface area contributed by atoms with Crippen molar-refractivity contribution in [3.8, 4) is 0 Å². The zero-order valence-corrected chi connectivity index (χ0v) is 14.6. The molecule has 1 saturated heterocycles. The lowest BCUT2D eigenvalue weighted by atomic mass is 10.1. The number of nitrogens with zero attached hydrogens (tertiary/aromatic N) is 2. The molecule has 4 heteroatoms. The summed E-state index contributed by atoms with van der Waals surface area (Å²) < 4.78 is 0. The average molecular weight is 312 g/mol. The maximum absolute atomic E-state index is 12.0. The van der Waals surface area contributed by atoms with Gasteiger partial charge in [0.1, 0.15) is 5.78 Å². The van der Waals surface area contributed by atoms with Gasteiger partial charge < -0.3 is 5.11 Å². The second-order valence-corrected chi connectivity index (χ2v) is 6.60. The third-order valence-corrected chi connectivity index (χ3v) is 4.59. The predicted molar refractivity (Wildman–Crippen MR) is 92.2 cm³/mol. The Balaban J connectivity index is 1.93. The number of aliphatic hydroxyl groups is 1. The number of piperazine rings is 1. The molecule has 1 aliphatic heterocycles. The van der Waals surface area contributed by atoms with E-state index in [0.717, 1.165) is 45.6 Å². The smallest absolute Gasteiger partial charge is 0.146 e. The van der Waals surface area contributed by atoms with E-state index in [1.165, 1.54) is 44.9 Å². The summed E-state index contributed by atoms with van der Waals surface area (Å²) in [7, 11) is 0. The van der Waals surface area contributed by atoms with Gasteiger partial charge in [0.2, 0.25) is 0 Å². The van der Waals surface area contributed by atoms with E-state index in [2.05, 4.69) is 16.7 Å². The molecule has 0 aliphatic carbocycles. The molecular formula is C18H36N2O2. The molecule has 0 amide bonds. The molecule has 1 fully saturated rings. The first-order chi connectivity index (χ1) is 10.8. The minimum Gasteiger partial charge on any atom is -0.395 e. The Labute approximate surface area is 136 Å². The zero-order chi connectivity index (χ0) is 16.0. The molecule has 0 bridgehead atoms. The van der Waals surface area contributed by atoms with Crippen molar-refractivity contribution in [3.05, 3.63) is 0 Å². The van der Waals surface area contributed by atoms with Crippen molar-refractivity contribution in [2.45, 2.75) is 64.7 Å². The van der Waals surface area contributed by atoms with Crippen LogP contribution < -0.4 is 0 Å². The number of rotatable bonds is 13. The van der Waals surface area contributed by atoms with Crippen molar-refractivity contribution in [2.24, 2.45) is 0 Å². The summed E-state index contributed by atoms with van der Waals surface area (Å²) >= 11 is 0. The average Bonchev–Trinajstić information content (AvgIpc) is 2.52. The van der Waals surface area contributed by atoms with Crippen molar-refractivity contribution in [1.29, 1.82) is 0 Å². The third kappa shape index (κ3) is 9.54. The number of Topliss-reactive ketones (excluding diaryl/α,β-unsaturated/α-hetero) is 1. The number of carbonyl (C=O) groups excluding carboxylic acids is 1. The number of carbonyl (C=O) groups is 1. The normalized spacial score (nSPS) is 17.0. The van der Waals surface area contributed by atoms with E-state index in [1.807, 2.05) is 0 Å². The van der Waals surface area contributed by atoms with Crippen LogP contribution in [0.1, 0.15) is 64.7 Å². The van der Waals surface area contributed by atoms with Gasteiger partial charge in [-0.25, -0.2) is 0 Å². The summed E-state index contributed by atoms with van der Waals surface area (Å²) in [6.07, 6.45) is 11.1. The SMILES string of the molecule is CCCCCCCCCCC(=O)CN1CCN(CCO)CC1. The molecule has 0 saturated carbocycles. The Hall–Kier alpha value is -0.450. The van der Waals surface area contributed by atoms with Crippen LogP contribution in [0, 0.1) is 0 Å². The maximum Gasteiger partial charge on any atom is 0.146 e. The standard InChI is InChI=1S/C18H36N2O2/c1-2-3-4-5-6-7-8-9-10-18(22)17-20-13-11-19(12-14-20)15-16-21/h21H,2-17H2,1H3. The quantitative estimate of drug-likeness (QED) is 0.531. The highest BCUT2D eigenvalue weighted by Crippen LogP contribution is 2.10. The second kappa shape index (κ2) is 13.0. The number of aliphatic hydroxyl groups excluding tert-OH is 1. The molecule has 0 spiro atoms. The van der Waals surface area contributed by atoms with E-state index in [9.17, 15) is 4.79 Å². The Kier molecular flexibility index (Phi) is 11.6. The summed E-state index contributed by atoms with van der Waals surface area (Å²) in [6.45, 7) is 7.75. The highest BCUT2D eigenvalue weighted by Gasteiger charge is 2.18. The highest BCUT2D eigenvalue weighted by atomic mass is 16.3. The molecule has 1 aliphatic rings. The molecule has 1 rings (SSSR count). The first kappa shape index (κ1) is 19.6. The fourth-order valence-electron chi connectivity index (χ4n) is 3.10. The minimum absolute atomic E-state index is 0.234. The summed E-state index contributed by atoms with van der Waals surface area (Å²) in [4.78, 5) is 16.5. The minimum atomic E-state index is 0.234. The van der Waals surface area contributed by atoms with Gasteiger partial charge in [-0.2, -0.15) is 0 Å². The fraction of sp³-hybridized carbons (Fsp3) is 0.944. The number of hydrogen-bond acceptors (Lipinski definition) is 4. The molecule has 0 unspecified atom stereocenters. The number of ketones is 1. The summed E-state index contributed by atoms with van der Waals surface area (Å²) in [5.41, 5.74) is 0. The van der Waals surface area contributed by atoms with Crippen molar-refractivity contribution in [1.82, 2.24) is 9.80 Å². The van der Waals surface area contributed by atoms with E-state index < -0.39 is 0 Å². The van der Waals surface area contributed by atoms with Crippen LogP contribution in [0.5, 0.6) is 0 Å². The van der Waals surface area contributed by atoms with E-state index in [4.69, 9.17) is 5.11 Å². The Bertz CT molecular complexity index is 276. The Morgan fingerprint density at radius 1 is 0.864 bits per heavy atom. The largest absolute Gasteiger partial charge is 0.395 e. The number of unbranched alkanes of at least 4 members (excludes halogenated alkanes) is 7. The molecular weight excluding hydrogens is 276 g/mol. The lowest BCUT2D eigenvalue weighted by Gasteiger charge is -2.33. The first-order valence-electron chi connectivity index (χ1n) is 9.33. The van der Waals surface area contributed by atoms with Crippen LogP contribution in [0.15, 0.2) is 0 Å². The molecule has 0 atom stereocenters. The molecule has 4 nitrogen and oxygen atoms in total. The molecule has 130 valence electrons. The van der Waals surface area contributed by atoms with Crippen LogP contribution >= 0.6 is 0 Å². The molecule has 0 radical (unpaired) electrons. The van der Waals surface area contributed by atoms with Crippen LogP contribution in [0.4, 0.5) is 0 Å². The Morgan fingerprint density at radius 2 is 1.41 bits per heavy atom. The summed E-state index contributed by atoms with van der Waals surface area (Å²) in [5, 5.41) is 8.92. The molecule has 0 aromatic rings. The number of β-amino-alcohol motifs (C(OH)–C–C–N with tert-alkyl or cyclic N) is 1. The number of hydrogen-bond donors (Lipinski definition) is 1. The van der Waals surface area contributed by atoms with Gasteiger partial charge in [-0.1, -0.05) is 51.9 Å². The lowest BCUT2D eigenvalue weighted by molar-refractivity contribution is -0.120. The van der Waals surface area contributed by atoms with E-state index in [0.29, 0.717) is 12.3 Å². The van der Waals surface area contributed by atoms with Crippen molar-refractivity contribution in [2.75, 3.05) is 45.9 Å². The van der Waals surface area contributed by atoms with Gasteiger partial charge >= 0.3 is 0 Å². The summed E-state index contributed by atoms with van der Waals surface area (Å²) in [6, 6.07) is 0. The van der Waals surface area contributed by atoms with Gasteiger partial charge in [-0.3, -0.25) is 14.6 Å². The van der Waals surface area contributed by atoms with E-state index in [-0.39, 0.29) is 6.61 Å². The monoisotopic (exact) mass is 312 g/mol. The molecule has 1 N–H and O–H groups in total. The first-order valence-corrected chi connectivity index (χ1v) is 9.33. The van der Waals surface area contributed by atoms with Gasteiger partial charge in [0, 0.05) is 39.1 Å². The molecule has 1 heterocycles. The van der Waals surface area contributed by atoms with Crippen LogP contribution in [-0.4, -0.2) is 66.6 Å². The van der Waals surface area contributed by atoms with Crippen LogP contribution in [0.2, 0.25) is 0 Å². The van der Waals surface area contributed by atoms with Crippen LogP contribution in [0.25, 0.3) is 0 Å². The van der Waals surface area contributed by atoms with Gasteiger partial charge in [0.15, 0.2) is 0 Å². The lowest BCUT2D eigenvalue weighted by Crippen LogP contribution is -2.48. The predicted octanol–water partition coefficient (Wildman–Crippen LogP) is 2.70. The van der Waals surface area contributed by atoms with Crippen molar-refractivity contribution < 1.29 is 9.90 Å². The van der Waals surface area contributed by atoms with Gasteiger partial charge in [-0.05, 0) is 6.42 Å². The fourth-order valence-corrected chi connectivity index (χ4v) is 3.10. The highest BCUT2D eigenvalue weighted by molar-refractivity contribution is 5.80. The van der Waals surface area contributed by atoms with Crippen LogP contribution in [0.3, 0.4) is 0 Å². The zero-order valence-electron chi connectivity index (χ0n) is 14.6. The van der Waals surface area contributed by atoms with E-state index in [1.54, 1.807) is 0 Å². The van der Waals surface area contributed by atoms with Gasteiger partial charge in [0.05, 0.1) is 13.2 Å². The molecule has 22 heavy (non-hydrogen) atoms. The second-order valence-electron chi connectivity index (χ2n) is 6.60. The Morgan fingerprint density at radius 3 is 2.00 bits per heavy atom. The maximum atomic E-state index is 12.0. The third-order valence-electron chi connectivity index (χ3n) is 4.59. The van der Waals surface area contributed by atoms with Crippen molar-refractivity contribution in [3.63, 3.8) is 0 Å². The van der Waals surface area contributed by atoms with Crippen molar-refractivity contribution >= 4 is 5.78 Å². The van der Waals surface area contributed by atoms with Gasteiger partial charge in [0.25, 0.3) is 0 Å². The van der Waals surface area contributed by atoms with Gasteiger partial charge in [-0.15, -0.1) is 0 Å². The topological polar surface area (TPSA) is 43.8 Å². The summed E-state index contributed by atoms with van der Waals surface area (Å²) in [5.74, 6) is 0.404.